The lowest BCUT2D eigenvalue weighted by Gasteiger charge is -2.08. The number of methoxy groups -OCH3 is 1. The van der Waals surface area contributed by atoms with Crippen LogP contribution in [0.5, 0.6) is 0 Å². The molecule has 1 aromatic carbocycles. The Morgan fingerprint density at radius 1 is 1.22 bits per heavy atom. The summed E-state index contributed by atoms with van der Waals surface area (Å²) in [6, 6.07) is 8.05. The van der Waals surface area contributed by atoms with Gasteiger partial charge in [0, 0.05) is 29.5 Å². The molecule has 2 rings (SSSR count). The Hall–Kier alpha value is -1.17. The number of benzene rings is 1. The van der Waals surface area contributed by atoms with Crippen molar-refractivity contribution < 1.29 is 9.47 Å². The van der Waals surface area contributed by atoms with E-state index >= 15 is 0 Å². The fourth-order valence-electron chi connectivity index (χ4n) is 1.58. The Morgan fingerprint density at radius 3 is 2.72 bits per heavy atom. The van der Waals surface area contributed by atoms with Gasteiger partial charge >= 0.3 is 0 Å². The first kappa shape index (κ1) is 13.3. The number of imidazole rings is 1. The molecule has 0 fully saturated rings. The van der Waals surface area contributed by atoms with Crippen molar-refractivity contribution in [2.45, 2.75) is 6.73 Å². The van der Waals surface area contributed by atoms with Crippen molar-refractivity contribution >= 4 is 15.9 Å². The highest BCUT2D eigenvalue weighted by molar-refractivity contribution is 9.10. The smallest absolute Gasteiger partial charge is 0.141 e. The van der Waals surface area contributed by atoms with Gasteiger partial charge in [-0.05, 0) is 12.1 Å². The third kappa shape index (κ3) is 3.41. The Morgan fingerprint density at radius 2 is 2.00 bits per heavy atom. The molecule has 0 aliphatic heterocycles. The predicted octanol–water partition coefficient (Wildman–Crippen LogP) is 2.93. The first-order chi connectivity index (χ1) is 8.81. The standard InChI is InChI=1S/C13H15BrN2O2/c1-17-8-9-18-10-16-7-6-15-13(16)11-2-4-12(14)5-3-11/h2-7H,8-10H2,1H3. The monoisotopic (exact) mass is 310 g/mol. The summed E-state index contributed by atoms with van der Waals surface area (Å²) >= 11 is 3.42. The van der Waals surface area contributed by atoms with Crippen LogP contribution in [0.15, 0.2) is 41.1 Å². The van der Waals surface area contributed by atoms with E-state index in [1.54, 1.807) is 13.3 Å². The summed E-state index contributed by atoms with van der Waals surface area (Å²) in [7, 11) is 1.66. The summed E-state index contributed by atoms with van der Waals surface area (Å²) in [5, 5.41) is 0. The second kappa shape index (κ2) is 6.68. The maximum absolute atomic E-state index is 5.49. The fraction of sp³-hybridized carbons (Fsp3) is 0.308. The first-order valence-electron chi connectivity index (χ1n) is 5.65. The van der Waals surface area contributed by atoms with Crippen LogP contribution in [-0.2, 0) is 16.2 Å². The maximum atomic E-state index is 5.49. The lowest BCUT2D eigenvalue weighted by molar-refractivity contribution is 0.0348. The zero-order chi connectivity index (χ0) is 12.8. The number of ether oxygens (including phenoxy) is 2. The molecular weight excluding hydrogens is 296 g/mol. The van der Waals surface area contributed by atoms with Crippen LogP contribution in [0.2, 0.25) is 0 Å². The molecular formula is C13H15BrN2O2. The number of halogens is 1. The molecule has 18 heavy (non-hydrogen) atoms. The molecule has 0 atom stereocenters. The van der Waals surface area contributed by atoms with Crippen LogP contribution in [0.1, 0.15) is 0 Å². The summed E-state index contributed by atoms with van der Waals surface area (Å²) in [6.07, 6.45) is 3.68. The van der Waals surface area contributed by atoms with E-state index < -0.39 is 0 Å². The van der Waals surface area contributed by atoms with Gasteiger partial charge in [0.1, 0.15) is 12.6 Å². The third-order valence-electron chi connectivity index (χ3n) is 2.48. The Labute approximate surface area is 115 Å². The molecule has 0 saturated carbocycles. The summed E-state index contributed by atoms with van der Waals surface area (Å²) < 4.78 is 13.5. The van der Waals surface area contributed by atoms with E-state index in [2.05, 4.69) is 20.9 Å². The maximum Gasteiger partial charge on any atom is 0.141 e. The van der Waals surface area contributed by atoms with Gasteiger partial charge in [0.15, 0.2) is 0 Å². The number of aromatic nitrogens is 2. The zero-order valence-electron chi connectivity index (χ0n) is 10.2. The largest absolute Gasteiger partial charge is 0.382 e. The average Bonchev–Trinajstić information content (AvgIpc) is 2.84. The van der Waals surface area contributed by atoms with Crippen LogP contribution in [-0.4, -0.2) is 29.9 Å². The van der Waals surface area contributed by atoms with Gasteiger partial charge in [-0.25, -0.2) is 4.98 Å². The van der Waals surface area contributed by atoms with Crippen molar-refractivity contribution in [3.05, 3.63) is 41.1 Å². The van der Waals surface area contributed by atoms with Gasteiger partial charge < -0.3 is 14.0 Å². The number of nitrogens with zero attached hydrogens (tertiary/aromatic N) is 2. The van der Waals surface area contributed by atoms with E-state index in [1.807, 2.05) is 35.0 Å². The van der Waals surface area contributed by atoms with Crippen LogP contribution in [0.4, 0.5) is 0 Å². The van der Waals surface area contributed by atoms with Crippen molar-refractivity contribution in [2.24, 2.45) is 0 Å². The molecule has 0 aliphatic rings. The lowest BCUT2D eigenvalue weighted by Crippen LogP contribution is -2.07. The van der Waals surface area contributed by atoms with Gasteiger partial charge in [-0.2, -0.15) is 0 Å². The Bertz CT molecular complexity index is 482. The SMILES string of the molecule is COCCOCn1ccnc1-c1ccc(Br)cc1. The third-order valence-corrected chi connectivity index (χ3v) is 3.01. The van der Waals surface area contributed by atoms with Gasteiger partial charge in [0.05, 0.1) is 13.2 Å². The summed E-state index contributed by atoms with van der Waals surface area (Å²) in [6.45, 7) is 1.66. The zero-order valence-corrected chi connectivity index (χ0v) is 11.8. The molecule has 0 bridgehead atoms. The van der Waals surface area contributed by atoms with Gasteiger partial charge in [0.25, 0.3) is 0 Å². The van der Waals surface area contributed by atoms with Crippen molar-refractivity contribution in [2.75, 3.05) is 20.3 Å². The van der Waals surface area contributed by atoms with Crippen molar-refractivity contribution in [1.82, 2.24) is 9.55 Å². The normalized spacial score (nSPS) is 10.8. The Balaban J connectivity index is 2.05. The van der Waals surface area contributed by atoms with E-state index in [4.69, 9.17) is 9.47 Å². The molecule has 0 spiro atoms. The number of hydrogen-bond donors (Lipinski definition) is 0. The summed E-state index contributed by atoms with van der Waals surface area (Å²) in [4.78, 5) is 4.35. The van der Waals surface area contributed by atoms with Gasteiger partial charge in [-0.1, -0.05) is 28.1 Å². The second-order valence-corrected chi connectivity index (χ2v) is 4.67. The molecule has 0 radical (unpaired) electrons. The van der Waals surface area contributed by atoms with Gasteiger partial charge in [-0.3, -0.25) is 0 Å². The molecule has 2 aromatic rings. The minimum absolute atomic E-state index is 0.481. The van der Waals surface area contributed by atoms with E-state index in [9.17, 15) is 0 Å². The fourth-order valence-corrected chi connectivity index (χ4v) is 1.84. The molecule has 4 nitrogen and oxygen atoms in total. The Kier molecular flexibility index (Phi) is 4.92. The minimum atomic E-state index is 0.481. The van der Waals surface area contributed by atoms with Crippen LogP contribution >= 0.6 is 15.9 Å². The van der Waals surface area contributed by atoms with Crippen LogP contribution < -0.4 is 0 Å². The summed E-state index contributed by atoms with van der Waals surface area (Å²) in [5.41, 5.74) is 1.07. The van der Waals surface area contributed by atoms with E-state index in [0.29, 0.717) is 19.9 Å². The highest BCUT2D eigenvalue weighted by Gasteiger charge is 2.05. The van der Waals surface area contributed by atoms with Crippen molar-refractivity contribution in [3.63, 3.8) is 0 Å². The topological polar surface area (TPSA) is 36.3 Å². The number of rotatable bonds is 6. The second-order valence-electron chi connectivity index (χ2n) is 3.76. The van der Waals surface area contributed by atoms with Crippen LogP contribution in [0.3, 0.4) is 0 Å². The predicted molar refractivity (Wildman–Crippen MR) is 73.2 cm³/mol. The molecule has 0 unspecified atom stereocenters. The molecule has 0 saturated heterocycles. The van der Waals surface area contributed by atoms with E-state index in [-0.39, 0.29) is 0 Å². The van der Waals surface area contributed by atoms with Crippen molar-refractivity contribution in [3.8, 4) is 11.4 Å². The lowest BCUT2D eigenvalue weighted by atomic mass is 10.2. The van der Waals surface area contributed by atoms with E-state index in [1.165, 1.54) is 0 Å². The summed E-state index contributed by atoms with van der Waals surface area (Å²) in [5.74, 6) is 0.903. The molecule has 0 amide bonds. The number of hydrogen-bond acceptors (Lipinski definition) is 3. The van der Waals surface area contributed by atoms with Gasteiger partial charge in [-0.15, -0.1) is 0 Å². The quantitative estimate of drug-likeness (QED) is 0.770. The minimum Gasteiger partial charge on any atom is -0.382 e. The highest BCUT2D eigenvalue weighted by atomic mass is 79.9. The molecule has 5 heteroatoms. The van der Waals surface area contributed by atoms with Crippen molar-refractivity contribution in [1.29, 1.82) is 0 Å². The molecule has 0 N–H and O–H groups in total. The molecule has 1 heterocycles. The van der Waals surface area contributed by atoms with Crippen LogP contribution in [0, 0.1) is 0 Å². The molecule has 96 valence electrons. The average molecular weight is 311 g/mol. The van der Waals surface area contributed by atoms with Gasteiger partial charge in [0.2, 0.25) is 0 Å². The highest BCUT2D eigenvalue weighted by Crippen LogP contribution is 2.20. The first-order valence-corrected chi connectivity index (χ1v) is 6.44. The molecule has 1 aromatic heterocycles. The molecule has 0 aliphatic carbocycles. The van der Waals surface area contributed by atoms with E-state index in [0.717, 1.165) is 15.9 Å². The van der Waals surface area contributed by atoms with Crippen LogP contribution in [0.25, 0.3) is 11.4 Å².